The smallest absolute Gasteiger partial charge is 0.381 e. The molecule has 1 N–H and O–H groups in total. The summed E-state index contributed by atoms with van der Waals surface area (Å²) in [7, 11) is -3.53. The quantitative estimate of drug-likeness (QED) is 0.939. The third-order valence-corrected chi connectivity index (χ3v) is 4.23. The SMILES string of the molecule is Cn1cc(CNc2ccc(S(=O)(=O)C(F)(F)F)cc2)cn1. The lowest BCUT2D eigenvalue weighted by atomic mass is 10.3. The number of nitrogens with zero attached hydrogens (tertiary/aromatic N) is 2. The van der Waals surface area contributed by atoms with E-state index < -0.39 is 20.2 Å². The molecule has 0 radical (unpaired) electrons. The van der Waals surface area contributed by atoms with Crippen molar-refractivity contribution in [3.63, 3.8) is 0 Å². The number of alkyl halides is 3. The summed E-state index contributed by atoms with van der Waals surface area (Å²) >= 11 is 0. The first kappa shape index (κ1) is 15.4. The molecule has 2 aromatic rings. The van der Waals surface area contributed by atoms with E-state index in [2.05, 4.69) is 10.4 Å². The Morgan fingerprint density at radius 2 is 1.86 bits per heavy atom. The number of anilines is 1. The van der Waals surface area contributed by atoms with Crippen molar-refractivity contribution in [2.24, 2.45) is 7.05 Å². The Bertz CT molecular complexity index is 721. The van der Waals surface area contributed by atoms with Gasteiger partial charge in [0.2, 0.25) is 0 Å². The van der Waals surface area contributed by atoms with Crippen LogP contribution in [0.4, 0.5) is 18.9 Å². The van der Waals surface area contributed by atoms with E-state index in [1.54, 1.807) is 24.1 Å². The lowest BCUT2D eigenvalue weighted by Crippen LogP contribution is -2.23. The minimum Gasteiger partial charge on any atom is -0.381 e. The van der Waals surface area contributed by atoms with Gasteiger partial charge in [-0.25, -0.2) is 8.42 Å². The van der Waals surface area contributed by atoms with Crippen LogP contribution in [0.2, 0.25) is 0 Å². The van der Waals surface area contributed by atoms with Crippen LogP contribution in [0.15, 0.2) is 41.6 Å². The highest BCUT2D eigenvalue weighted by atomic mass is 32.2. The molecule has 0 aliphatic rings. The van der Waals surface area contributed by atoms with Crippen LogP contribution in [0.25, 0.3) is 0 Å². The number of aryl methyl sites for hydroxylation is 1. The van der Waals surface area contributed by atoms with E-state index >= 15 is 0 Å². The van der Waals surface area contributed by atoms with Gasteiger partial charge < -0.3 is 5.32 Å². The molecule has 2 rings (SSSR count). The summed E-state index contributed by atoms with van der Waals surface area (Å²) in [5.41, 5.74) is -3.89. The van der Waals surface area contributed by atoms with Crippen LogP contribution in [0.1, 0.15) is 5.56 Å². The molecule has 0 amide bonds. The number of nitrogens with one attached hydrogen (secondary N) is 1. The molecule has 0 aliphatic heterocycles. The number of benzene rings is 1. The Labute approximate surface area is 119 Å². The third-order valence-electron chi connectivity index (χ3n) is 2.72. The monoisotopic (exact) mass is 319 g/mol. The summed E-state index contributed by atoms with van der Waals surface area (Å²) in [5.74, 6) is 0. The van der Waals surface area contributed by atoms with Gasteiger partial charge in [-0.15, -0.1) is 0 Å². The molecular formula is C12H12F3N3O2S. The topological polar surface area (TPSA) is 64.0 Å². The zero-order valence-electron chi connectivity index (χ0n) is 10.9. The molecule has 5 nitrogen and oxygen atoms in total. The number of sulfone groups is 1. The van der Waals surface area contributed by atoms with Crippen molar-refractivity contribution in [2.75, 3.05) is 5.32 Å². The maximum Gasteiger partial charge on any atom is 0.501 e. The van der Waals surface area contributed by atoms with Crippen LogP contribution >= 0.6 is 0 Å². The van der Waals surface area contributed by atoms with Gasteiger partial charge in [0.25, 0.3) is 9.84 Å². The van der Waals surface area contributed by atoms with Crippen LogP contribution in [-0.2, 0) is 23.4 Å². The molecule has 21 heavy (non-hydrogen) atoms. The average molecular weight is 319 g/mol. The zero-order chi connectivity index (χ0) is 15.7. The second-order valence-electron chi connectivity index (χ2n) is 4.35. The fourth-order valence-corrected chi connectivity index (χ4v) is 2.41. The van der Waals surface area contributed by atoms with Crippen LogP contribution in [0, 0.1) is 0 Å². The minimum absolute atomic E-state index is 0.430. The standard InChI is InChI=1S/C12H12F3N3O2S/c1-18-8-9(7-17-18)6-16-10-2-4-11(5-3-10)21(19,20)12(13,14)15/h2-5,7-8,16H,6H2,1H3. The van der Waals surface area contributed by atoms with E-state index in [-0.39, 0.29) is 0 Å². The Morgan fingerprint density at radius 1 is 1.24 bits per heavy atom. The van der Waals surface area contributed by atoms with E-state index in [4.69, 9.17) is 0 Å². The largest absolute Gasteiger partial charge is 0.501 e. The number of hydrogen-bond acceptors (Lipinski definition) is 4. The van der Waals surface area contributed by atoms with E-state index in [0.717, 1.165) is 17.7 Å². The Morgan fingerprint density at radius 3 is 2.33 bits per heavy atom. The molecule has 1 heterocycles. The van der Waals surface area contributed by atoms with Crippen molar-refractivity contribution in [3.05, 3.63) is 42.2 Å². The van der Waals surface area contributed by atoms with E-state index in [0.29, 0.717) is 12.2 Å². The summed E-state index contributed by atoms with van der Waals surface area (Å²) in [6, 6.07) is 4.42. The number of hydrogen-bond donors (Lipinski definition) is 1. The molecule has 114 valence electrons. The lowest BCUT2D eigenvalue weighted by Gasteiger charge is -2.09. The first-order valence-electron chi connectivity index (χ1n) is 5.83. The van der Waals surface area contributed by atoms with Gasteiger partial charge in [-0.3, -0.25) is 4.68 Å². The number of halogens is 3. The normalized spacial score (nSPS) is 12.4. The maximum atomic E-state index is 12.4. The summed E-state index contributed by atoms with van der Waals surface area (Å²) < 4.78 is 61.1. The fourth-order valence-electron chi connectivity index (χ4n) is 1.65. The van der Waals surface area contributed by atoms with Crippen LogP contribution in [0.5, 0.6) is 0 Å². The van der Waals surface area contributed by atoms with E-state index in [9.17, 15) is 21.6 Å². The van der Waals surface area contributed by atoms with Gasteiger partial charge in [0, 0.05) is 31.0 Å². The highest BCUT2D eigenvalue weighted by Crippen LogP contribution is 2.30. The average Bonchev–Trinajstić information content (AvgIpc) is 2.81. The first-order valence-corrected chi connectivity index (χ1v) is 7.31. The molecule has 1 aromatic carbocycles. The van der Waals surface area contributed by atoms with Crippen LogP contribution < -0.4 is 5.32 Å². The minimum atomic E-state index is -5.30. The summed E-state index contributed by atoms with van der Waals surface area (Å²) in [6.07, 6.45) is 3.44. The van der Waals surface area contributed by atoms with Gasteiger partial charge in [0.1, 0.15) is 0 Å². The van der Waals surface area contributed by atoms with Crippen molar-refractivity contribution in [1.82, 2.24) is 9.78 Å². The fraction of sp³-hybridized carbons (Fsp3) is 0.250. The number of aromatic nitrogens is 2. The third kappa shape index (κ3) is 3.35. The van der Waals surface area contributed by atoms with Gasteiger partial charge >= 0.3 is 5.51 Å². The molecule has 9 heteroatoms. The van der Waals surface area contributed by atoms with Crippen molar-refractivity contribution < 1.29 is 21.6 Å². The summed E-state index contributed by atoms with van der Waals surface area (Å²) in [4.78, 5) is -0.776. The van der Waals surface area contributed by atoms with Crippen LogP contribution in [-0.4, -0.2) is 23.7 Å². The van der Waals surface area contributed by atoms with Crippen LogP contribution in [0.3, 0.4) is 0 Å². The lowest BCUT2D eigenvalue weighted by molar-refractivity contribution is -0.0436. The second kappa shape index (κ2) is 5.40. The van der Waals surface area contributed by atoms with Gasteiger partial charge in [-0.1, -0.05) is 0 Å². The molecule has 0 saturated heterocycles. The molecular weight excluding hydrogens is 307 g/mol. The van der Waals surface area contributed by atoms with Gasteiger partial charge in [0.15, 0.2) is 0 Å². The maximum absolute atomic E-state index is 12.4. The molecule has 0 bridgehead atoms. The predicted molar refractivity (Wildman–Crippen MR) is 70.2 cm³/mol. The second-order valence-corrected chi connectivity index (χ2v) is 6.29. The first-order chi connectivity index (χ1) is 9.70. The van der Waals surface area contributed by atoms with E-state index in [1.165, 1.54) is 12.1 Å². The molecule has 0 fully saturated rings. The van der Waals surface area contributed by atoms with Gasteiger partial charge in [-0.2, -0.15) is 18.3 Å². The van der Waals surface area contributed by atoms with E-state index in [1.807, 2.05) is 0 Å². The highest BCUT2D eigenvalue weighted by molar-refractivity contribution is 7.92. The number of rotatable bonds is 4. The van der Waals surface area contributed by atoms with Gasteiger partial charge in [-0.05, 0) is 24.3 Å². The van der Waals surface area contributed by atoms with Crippen molar-refractivity contribution in [2.45, 2.75) is 16.9 Å². The molecule has 0 unspecified atom stereocenters. The molecule has 0 saturated carbocycles. The highest BCUT2D eigenvalue weighted by Gasteiger charge is 2.46. The predicted octanol–water partition coefficient (Wildman–Crippen LogP) is 2.33. The zero-order valence-corrected chi connectivity index (χ0v) is 11.7. The molecule has 0 spiro atoms. The van der Waals surface area contributed by atoms with Crippen molar-refractivity contribution in [1.29, 1.82) is 0 Å². The van der Waals surface area contributed by atoms with Crippen molar-refractivity contribution in [3.8, 4) is 0 Å². The summed E-state index contributed by atoms with van der Waals surface area (Å²) in [5, 5.41) is 6.94. The summed E-state index contributed by atoms with van der Waals surface area (Å²) in [6.45, 7) is 0.430. The molecule has 1 aromatic heterocycles. The Kier molecular flexibility index (Phi) is 3.95. The van der Waals surface area contributed by atoms with Crippen molar-refractivity contribution >= 4 is 15.5 Å². The Balaban J connectivity index is 2.09. The molecule has 0 aliphatic carbocycles. The van der Waals surface area contributed by atoms with Gasteiger partial charge in [0.05, 0.1) is 11.1 Å². The molecule has 0 atom stereocenters. The Hall–Kier alpha value is -2.03.